The van der Waals surface area contributed by atoms with Crippen LogP contribution in [0.1, 0.15) is 18.5 Å². The van der Waals surface area contributed by atoms with Crippen LogP contribution in [-0.4, -0.2) is 20.7 Å². The normalized spacial score (nSPS) is 12.0. The van der Waals surface area contributed by atoms with Crippen LogP contribution in [0, 0.1) is 4.77 Å². The number of hydrogen-bond acceptors (Lipinski definition) is 3. The fourth-order valence-electron chi connectivity index (χ4n) is 2.57. The summed E-state index contributed by atoms with van der Waals surface area (Å²) in [5, 5.41) is 11.2. The second-order valence-electron chi connectivity index (χ2n) is 5.79. The quantitative estimate of drug-likeness (QED) is 0.598. The van der Waals surface area contributed by atoms with E-state index in [2.05, 4.69) is 15.5 Å². The van der Waals surface area contributed by atoms with E-state index in [4.69, 9.17) is 35.4 Å². The average molecular weight is 407 g/mol. The lowest BCUT2D eigenvalue weighted by Gasteiger charge is -2.15. The number of rotatable bonds is 5. The van der Waals surface area contributed by atoms with Gasteiger partial charge in [0, 0.05) is 15.6 Å². The number of aromatic amines is 1. The molecule has 1 heterocycles. The van der Waals surface area contributed by atoms with Crippen molar-refractivity contribution < 1.29 is 4.79 Å². The Hall–Kier alpha value is -2.15. The van der Waals surface area contributed by atoms with Gasteiger partial charge in [-0.15, -0.1) is 0 Å². The summed E-state index contributed by atoms with van der Waals surface area (Å²) < 4.78 is 2.03. The van der Waals surface area contributed by atoms with Crippen molar-refractivity contribution in [1.29, 1.82) is 0 Å². The number of benzene rings is 2. The first-order valence-electron chi connectivity index (χ1n) is 7.90. The Labute approximate surface area is 166 Å². The molecule has 2 N–H and O–H groups in total. The smallest absolute Gasteiger partial charge is 0.240 e. The van der Waals surface area contributed by atoms with E-state index in [1.54, 1.807) is 22.8 Å². The molecule has 3 rings (SSSR count). The van der Waals surface area contributed by atoms with Crippen molar-refractivity contribution in [3.05, 3.63) is 68.9 Å². The summed E-state index contributed by atoms with van der Waals surface area (Å²) in [5.74, 6) is 0.405. The van der Waals surface area contributed by atoms with Crippen molar-refractivity contribution >= 4 is 41.3 Å². The van der Waals surface area contributed by atoms with E-state index < -0.39 is 0 Å². The molecule has 26 heavy (non-hydrogen) atoms. The van der Waals surface area contributed by atoms with Crippen LogP contribution < -0.4 is 5.32 Å². The van der Waals surface area contributed by atoms with Gasteiger partial charge in [-0.25, -0.2) is 0 Å². The Bertz CT molecular complexity index is 981. The van der Waals surface area contributed by atoms with Crippen LogP contribution in [0.25, 0.3) is 11.4 Å². The van der Waals surface area contributed by atoms with Gasteiger partial charge in [-0.05, 0) is 61.1 Å². The van der Waals surface area contributed by atoms with E-state index in [0.29, 0.717) is 20.6 Å². The largest absolute Gasteiger partial charge is 0.348 e. The van der Waals surface area contributed by atoms with E-state index in [1.807, 2.05) is 37.3 Å². The minimum absolute atomic E-state index is 0.0538. The highest BCUT2D eigenvalue weighted by molar-refractivity contribution is 7.71. The molecule has 0 bridgehead atoms. The molecule has 5 nitrogen and oxygen atoms in total. The molecule has 0 fully saturated rings. The zero-order chi connectivity index (χ0) is 18.7. The summed E-state index contributed by atoms with van der Waals surface area (Å²) in [6.45, 7) is 1.95. The number of carbonyl (C=O) groups is 1. The van der Waals surface area contributed by atoms with E-state index in [9.17, 15) is 4.79 Å². The van der Waals surface area contributed by atoms with E-state index in [0.717, 1.165) is 11.1 Å². The number of H-pyrrole nitrogens is 1. The Morgan fingerprint density at radius 1 is 1.23 bits per heavy atom. The van der Waals surface area contributed by atoms with Crippen molar-refractivity contribution in [3.8, 4) is 11.4 Å². The Kier molecular flexibility index (Phi) is 5.76. The average Bonchev–Trinajstić information content (AvgIpc) is 2.96. The van der Waals surface area contributed by atoms with Crippen LogP contribution in [0.2, 0.25) is 10.0 Å². The number of nitrogens with zero attached hydrogens (tertiary/aromatic N) is 2. The predicted molar refractivity (Wildman–Crippen MR) is 106 cm³/mol. The van der Waals surface area contributed by atoms with Gasteiger partial charge in [0.1, 0.15) is 6.54 Å². The molecule has 2 aromatic carbocycles. The van der Waals surface area contributed by atoms with E-state index >= 15 is 0 Å². The highest BCUT2D eigenvalue weighted by atomic mass is 35.5. The molecule has 1 aromatic heterocycles. The van der Waals surface area contributed by atoms with Crippen molar-refractivity contribution in [2.24, 2.45) is 0 Å². The third kappa shape index (κ3) is 4.33. The molecule has 0 aliphatic rings. The number of hydrogen-bond donors (Lipinski definition) is 2. The van der Waals surface area contributed by atoms with Gasteiger partial charge in [-0.3, -0.25) is 14.5 Å². The maximum atomic E-state index is 12.5. The minimum atomic E-state index is -0.179. The highest BCUT2D eigenvalue weighted by Gasteiger charge is 2.15. The second-order valence-corrected chi connectivity index (χ2v) is 7.05. The summed E-state index contributed by atoms with van der Waals surface area (Å²) in [6.07, 6.45) is 0. The molecule has 0 aliphatic carbocycles. The minimum Gasteiger partial charge on any atom is -0.348 e. The zero-order valence-electron chi connectivity index (χ0n) is 13.9. The highest BCUT2D eigenvalue weighted by Crippen LogP contribution is 2.20. The van der Waals surface area contributed by atoms with Crippen molar-refractivity contribution in [2.75, 3.05) is 0 Å². The summed E-state index contributed by atoms with van der Waals surface area (Å²) in [6, 6.07) is 14.4. The molecule has 3 aromatic rings. The topological polar surface area (TPSA) is 62.7 Å². The van der Waals surface area contributed by atoms with Crippen LogP contribution in [0.4, 0.5) is 0 Å². The lowest BCUT2D eigenvalue weighted by atomic mass is 10.1. The molecular formula is C18H16Cl2N4OS. The first-order valence-corrected chi connectivity index (χ1v) is 9.06. The Balaban J connectivity index is 1.76. The van der Waals surface area contributed by atoms with Crippen LogP contribution in [0.5, 0.6) is 0 Å². The fraction of sp³-hybridized carbons (Fsp3) is 0.167. The summed E-state index contributed by atoms with van der Waals surface area (Å²) in [4.78, 5) is 12.5. The van der Waals surface area contributed by atoms with Gasteiger partial charge >= 0.3 is 0 Å². The van der Waals surface area contributed by atoms with Crippen molar-refractivity contribution in [1.82, 2.24) is 20.1 Å². The van der Waals surface area contributed by atoms with Crippen LogP contribution in [-0.2, 0) is 11.3 Å². The zero-order valence-corrected chi connectivity index (χ0v) is 16.2. The van der Waals surface area contributed by atoms with Crippen LogP contribution >= 0.6 is 35.4 Å². The number of carbonyl (C=O) groups excluding carboxylic acids is 1. The Morgan fingerprint density at radius 3 is 2.65 bits per heavy atom. The van der Waals surface area contributed by atoms with Crippen LogP contribution in [0.15, 0.2) is 48.5 Å². The van der Waals surface area contributed by atoms with Gasteiger partial charge in [0.2, 0.25) is 5.91 Å². The molecule has 0 aliphatic heterocycles. The summed E-state index contributed by atoms with van der Waals surface area (Å²) in [7, 11) is 0. The Morgan fingerprint density at radius 2 is 1.96 bits per heavy atom. The maximum Gasteiger partial charge on any atom is 0.240 e. The number of halogens is 2. The van der Waals surface area contributed by atoms with Gasteiger partial charge in [0.05, 0.1) is 6.04 Å². The number of aromatic nitrogens is 3. The predicted octanol–water partition coefficient (Wildman–Crippen LogP) is 4.79. The van der Waals surface area contributed by atoms with Gasteiger partial charge in [-0.1, -0.05) is 35.3 Å². The maximum absolute atomic E-state index is 12.5. The van der Waals surface area contributed by atoms with Gasteiger partial charge in [-0.2, -0.15) is 5.10 Å². The fourth-order valence-corrected chi connectivity index (χ4v) is 3.10. The third-order valence-electron chi connectivity index (χ3n) is 3.89. The van der Waals surface area contributed by atoms with Gasteiger partial charge < -0.3 is 5.32 Å². The van der Waals surface area contributed by atoms with E-state index in [-0.39, 0.29) is 18.5 Å². The lowest BCUT2D eigenvalue weighted by molar-refractivity contribution is -0.122. The summed E-state index contributed by atoms with van der Waals surface area (Å²) in [5.41, 5.74) is 1.75. The third-order valence-corrected chi connectivity index (χ3v) is 4.69. The molecule has 1 unspecified atom stereocenters. The number of amides is 1. The first kappa shape index (κ1) is 18.6. The molecule has 8 heteroatoms. The second kappa shape index (κ2) is 8.03. The molecule has 134 valence electrons. The molecule has 0 spiro atoms. The monoisotopic (exact) mass is 406 g/mol. The van der Waals surface area contributed by atoms with Crippen molar-refractivity contribution in [2.45, 2.75) is 19.5 Å². The van der Waals surface area contributed by atoms with Gasteiger partial charge in [0.25, 0.3) is 0 Å². The van der Waals surface area contributed by atoms with Crippen molar-refractivity contribution in [3.63, 3.8) is 0 Å². The van der Waals surface area contributed by atoms with Crippen LogP contribution in [0.3, 0.4) is 0 Å². The standard InChI is InChI=1S/C18H16Cl2N4OS/c1-11(13-3-2-4-15(20)9-13)21-16(25)10-24-17(22-23-18(24)26)12-5-7-14(19)8-6-12/h2-9,11H,10H2,1H3,(H,21,25)(H,23,26). The number of nitrogens with one attached hydrogen (secondary N) is 2. The lowest BCUT2D eigenvalue weighted by Crippen LogP contribution is -2.30. The molecular weight excluding hydrogens is 391 g/mol. The SMILES string of the molecule is CC(NC(=O)Cn1c(-c2ccc(Cl)cc2)n[nH]c1=S)c1cccc(Cl)c1. The molecule has 1 atom stereocenters. The molecule has 1 amide bonds. The molecule has 0 saturated heterocycles. The van der Waals surface area contributed by atoms with E-state index in [1.165, 1.54) is 0 Å². The molecule has 0 saturated carbocycles. The van der Waals surface area contributed by atoms with Gasteiger partial charge in [0.15, 0.2) is 10.6 Å². The summed E-state index contributed by atoms with van der Waals surface area (Å²) >= 11 is 17.2. The first-order chi connectivity index (χ1) is 12.4. The molecule has 0 radical (unpaired) electrons.